The van der Waals surface area contributed by atoms with E-state index in [1.165, 1.54) is 12.5 Å². The molecule has 6 nitrogen and oxygen atoms in total. The van der Waals surface area contributed by atoms with E-state index in [4.69, 9.17) is 21.1 Å². The summed E-state index contributed by atoms with van der Waals surface area (Å²) in [5.41, 5.74) is 0.724. The Kier molecular flexibility index (Phi) is 9.61. The summed E-state index contributed by atoms with van der Waals surface area (Å²) in [6.07, 6.45) is 12.6. The van der Waals surface area contributed by atoms with Gasteiger partial charge in [-0.25, -0.2) is 9.78 Å². The summed E-state index contributed by atoms with van der Waals surface area (Å²) in [6, 6.07) is 3.49. The van der Waals surface area contributed by atoms with Gasteiger partial charge >= 0.3 is 5.97 Å². The maximum Gasteiger partial charge on any atom is 0.343 e. The van der Waals surface area contributed by atoms with Crippen molar-refractivity contribution < 1.29 is 14.3 Å². The number of hydrogen-bond acceptors (Lipinski definition) is 5. The van der Waals surface area contributed by atoms with Crippen LogP contribution in [0.2, 0.25) is 5.15 Å². The van der Waals surface area contributed by atoms with Gasteiger partial charge in [0.25, 0.3) is 0 Å². The number of carbonyl (C=O) groups excluding carboxylic acids is 1. The van der Waals surface area contributed by atoms with Crippen LogP contribution in [0.4, 0.5) is 0 Å². The first-order valence-electron chi connectivity index (χ1n) is 11.8. The molecule has 0 aliphatic heterocycles. The Bertz CT molecular complexity index is 1020. The molecule has 33 heavy (non-hydrogen) atoms. The van der Waals surface area contributed by atoms with Gasteiger partial charge in [-0.3, -0.25) is 4.79 Å². The molecule has 1 fully saturated rings. The van der Waals surface area contributed by atoms with Crippen molar-refractivity contribution in [2.24, 2.45) is 0 Å². The van der Waals surface area contributed by atoms with E-state index in [-0.39, 0.29) is 23.1 Å². The van der Waals surface area contributed by atoms with E-state index in [1.807, 2.05) is 12.3 Å². The second-order valence-corrected chi connectivity index (χ2v) is 9.94. The lowest BCUT2D eigenvalue weighted by atomic mass is 9.77. The van der Waals surface area contributed by atoms with Gasteiger partial charge in [-0.05, 0) is 73.2 Å². The maximum absolute atomic E-state index is 12.3. The van der Waals surface area contributed by atoms with Gasteiger partial charge in [0.2, 0.25) is 0 Å². The van der Waals surface area contributed by atoms with Crippen molar-refractivity contribution in [1.29, 1.82) is 0 Å². The fourth-order valence-electron chi connectivity index (χ4n) is 4.45. The van der Waals surface area contributed by atoms with Crippen LogP contribution in [0.25, 0.3) is 0 Å². The quantitative estimate of drug-likeness (QED) is 0.145. The third kappa shape index (κ3) is 6.50. The van der Waals surface area contributed by atoms with Crippen LogP contribution in [0.1, 0.15) is 81.1 Å². The van der Waals surface area contributed by atoms with Crippen LogP contribution in [0.15, 0.2) is 29.3 Å². The van der Waals surface area contributed by atoms with Gasteiger partial charge in [-0.2, -0.15) is 0 Å². The summed E-state index contributed by atoms with van der Waals surface area (Å²) in [5.74, 6) is 0.0688. The summed E-state index contributed by atoms with van der Waals surface area (Å²) < 4.78 is 13.9. The number of nitrogens with zero attached hydrogens (tertiary/aromatic N) is 2. The average molecular weight is 587 g/mol. The smallest absolute Gasteiger partial charge is 0.343 e. The predicted octanol–water partition coefficient (Wildman–Crippen LogP) is 6.15. The number of hydrogen-bond donors (Lipinski definition) is 0. The van der Waals surface area contributed by atoms with Gasteiger partial charge < -0.3 is 14.0 Å². The van der Waals surface area contributed by atoms with Gasteiger partial charge in [0.05, 0.1) is 13.2 Å². The van der Waals surface area contributed by atoms with Crippen LogP contribution in [-0.4, -0.2) is 28.7 Å². The fourth-order valence-corrected chi connectivity index (χ4v) is 5.45. The molecule has 1 saturated carbocycles. The molecular weight excluding hydrogens is 555 g/mol. The van der Waals surface area contributed by atoms with Crippen LogP contribution in [0.3, 0.4) is 0 Å². The standard InChI is InChI=1S/C25H32ClIN2O4/c1-3-5-15-33-21-16-18(23(27)28-22(21)26)9-13-25(11-7-6-8-12-25)29-14-10-20(30)19(17-29)24(31)32-4-2/h10,14,16-17H,3-9,11-13,15H2,1-2H3. The van der Waals surface area contributed by atoms with Crippen molar-refractivity contribution in [3.63, 3.8) is 0 Å². The van der Waals surface area contributed by atoms with Crippen LogP contribution in [0, 0.1) is 3.70 Å². The molecule has 2 aromatic heterocycles. The lowest BCUT2D eigenvalue weighted by Crippen LogP contribution is -2.37. The van der Waals surface area contributed by atoms with Crippen LogP contribution < -0.4 is 10.2 Å². The normalized spacial score (nSPS) is 15.3. The highest BCUT2D eigenvalue weighted by atomic mass is 127. The average Bonchev–Trinajstić information content (AvgIpc) is 2.81. The van der Waals surface area contributed by atoms with Crippen molar-refractivity contribution in [2.75, 3.05) is 13.2 Å². The Morgan fingerprint density at radius 3 is 2.73 bits per heavy atom. The number of pyridine rings is 2. The second-order valence-electron chi connectivity index (χ2n) is 8.56. The summed E-state index contributed by atoms with van der Waals surface area (Å²) in [6.45, 7) is 4.72. The number of aromatic nitrogens is 2. The number of rotatable bonds is 10. The SMILES string of the molecule is CCCCOc1cc(CCC2(n3ccc(=O)c(C(=O)OCC)c3)CCCCC2)c(I)nc1Cl. The molecule has 0 bridgehead atoms. The Morgan fingerprint density at radius 1 is 1.27 bits per heavy atom. The van der Waals surface area contributed by atoms with Crippen molar-refractivity contribution in [1.82, 2.24) is 9.55 Å². The highest BCUT2D eigenvalue weighted by Crippen LogP contribution is 2.39. The van der Waals surface area contributed by atoms with Crippen molar-refractivity contribution >= 4 is 40.2 Å². The minimum Gasteiger partial charge on any atom is -0.490 e. The Morgan fingerprint density at radius 2 is 2.03 bits per heavy atom. The fraction of sp³-hybridized carbons (Fsp3) is 0.560. The van der Waals surface area contributed by atoms with E-state index >= 15 is 0 Å². The van der Waals surface area contributed by atoms with E-state index in [2.05, 4.69) is 39.1 Å². The van der Waals surface area contributed by atoms with E-state index in [0.29, 0.717) is 17.5 Å². The molecule has 0 unspecified atom stereocenters. The largest absolute Gasteiger partial charge is 0.490 e. The number of unbranched alkanes of at least 4 members (excludes halogenated alkanes) is 1. The third-order valence-electron chi connectivity index (χ3n) is 6.33. The molecule has 2 heterocycles. The molecule has 0 spiro atoms. The molecule has 3 rings (SSSR count). The van der Waals surface area contributed by atoms with Crippen molar-refractivity contribution in [2.45, 2.75) is 77.2 Å². The van der Waals surface area contributed by atoms with Gasteiger partial charge in [-0.15, -0.1) is 0 Å². The van der Waals surface area contributed by atoms with E-state index in [9.17, 15) is 9.59 Å². The monoisotopic (exact) mass is 586 g/mol. The van der Waals surface area contributed by atoms with E-state index in [0.717, 1.165) is 60.6 Å². The van der Waals surface area contributed by atoms with Gasteiger partial charge in [0, 0.05) is 24.0 Å². The Labute approximate surface area is 214 Å². The topological polar surface area (TPSA) is 70.4 Å². The summed E-state index contributed by atoms with van der Waals surface area (Å²) >= 11 is 8.55. The zero-order valence-electron chi connectivity index (χ0n) is 19.4. The molecule has 0 saturated heterocycles. The van der Waals surface area contributed by atoms with Crippen LogP contribution >= 0.6 is 34.2 Å². The number of halogens is 2. The predicted molar refractivity (Wildman–Crippen MR) is 138 cm³/mol. The Balaban J connectivity index is 1.88. The molecule has 0 amide bonds. The van der Waals surface area contributed by atoms with Crippen LogP contribution in [-0.2, 0) is 16.7 Å². The molecule has 0 aromatic carbocycles. The van der Waals surface area contributed by atoms with Crippen molar-refractivity contribution in [3.05, 3.63) is 54.7 Å². The zero-order chi connectivity index (χ0) is 23.8. The molecule has 1 aliphatic carbocycles. The highest BCUT2D eigenvalue weighted by Gasteiger charge is 2.34. The zero-order valence-corrected chi connectivity index (χ0v) is 22.3. The van der Waals surface area contributed by atoms with E-state index in [1.54, 1.807) is 13.1 Å². The molecular formula is C25H32ClIN2O4. The molecule has 0 N–H and O–H groups in total. The summed E-state index contributed by atoms with van der Waals surface area (Å²) in [4.78, 5) is 29.2. The molecule has 1 aliphatic rings. The van der Waals surface area contributed by atoms with E-state index < -0.39 is 5.97 Å². The summed E-state index contributed by atoms with van der Waals surface area (Å²) in [5, 5.41) is 0.395. The minimum absolute atomic E-state index is 0.0960. The third-order valence-corrected chi connectivity index (χ3v) is 7.54. The maximum atomic E-state index is 12.3. The highest BCUT2D eigenvalue weighted by molar-refractivity contribution is 14.1. The van der Waals surface area contributed by atoms with Crippen LogP contribution in [0.5, 0.6) is 5.75 Å². The van der Waals surface area contributed by atoms with Gasteiger partial charge in [0.1, 0.15) is 9.26 Å². The lowest BCUT2D eigenvalue weighted by molar-refractivity contribution is 0.0522. The Hall–Kier alpha value is -1.61. The molecule has 2 aromatic rings. The van der Waals surface area contributed by atoms with Crippen molar-refractivity contribution in [3.8, 4) is 5.75 Å². The van der Waals surface area contributed by atoms with Gasteiger partial charge in [0.15, 0.2) is 16.3 Å². The molecule has 0 atom stereocenters. The molecule has 8 heteroatoms. The first-order valence-corrected chi connectivity index (χ1v) is 13.2. The number of aryl methyl sites for hydroxylation is 1. The number of esters is 1. The summed E-state index contributed by atoms with van der Waals surface area (Å²) in [7, 11) is 0. The lowest BCUT2D eigenvalue weighted by Gasteiger charge is -2.40. The number of carbonyl (C=O) groups is 1. The molecule has 180 valence electrons. The first kappa shape index (κ1) is 26.0. The first-order chi connectivity index (χ1) is 15.9. The number of ether oxygens (including phenoxy) is 2. The minimum atomic E-state index is -0.562. The molecule has 0 radical (unpaired) electrons. The van der Waals surface area contributed by atoms with Gasteiger partial charge in [-0.1, -0.05) is 44.2 Å². The second kappa shape index (κ2) is 12.2.